The number of halogens is 1. The number of nitrogens with zero attached hydrogens (tertiary/aromatic N) is 2. The molecule has 0 saturated carbocycles. The molecule has 0 atom stereocenters. The Hall–Kier alpha value is -2.97. The molecule has 3 aromatic rings. The topological polar surface area (TPSA) is 78.8 Å². The van der Waals surface area contributed by atoms with E-state index < -0.39 is 22.5 Å². The second-order valence-corrected chi connectivity index (χ2v) is 9.28. The first-order valence-corrected chi connectivity index (χ1v) is 11.3. The molecule has 0 fully saturated rings. The monoisotopic (exact) mass is 485 g/mol. The number of anilines is 1. The quantitative estimate of drug-likeness (QED) is 0.404. The van der Waals surface area contributed by atoms with Crippen LogP contribution in [-0.2, 0) is 14.8 Å². The van der Waals surface area contributed by atoms with Gasteiger partial charge < -0.3 is 0 Å². The molecular weight excluding hydrogens is 466 g/mol. The number of hydrogen-bond donors (Lipinski definition) is 1. The Morgan fingerprint density at radius 2 is 1.63 bits per heavy atom. The van der Waals surface area contributed by atoms with Crippen molar-refractivity contribution < 1.29 is 13.2 Å². The Labute approximate surface area is 184 Å². The van der Waals surface area contributed by atoms with Crippen molar-refractivity contribution >= 4 is 43.8 Å². The highest BCUT2D eigenvalue weighted by Crippen LogP contribution is 2.23. The predicted molar refractivity (Wildman–Crippen MR) is 122 cm³/mol. The van der Waals surface area contributed by atoms with E-state index in [9.17, 15) is 13.2 Å². The number of sulfonamides is 1. The summed E-state index contributed by atoms with van der Waals surface area (Å²) in [5, 5.41) is 3.92. The number of para-hydroxylation sites is 1. The van der Waals surface area contributed by atoms with Gasteiger partial charge in [-0.3, -0.25) is 9.10 Å². The average molecular weight is 486 g/mol. The van der Waals surface area contributed by atoms with Gasteiger partial charge in [0.25, 0.3) is 15.9 Å². The third-order valence-electron chi connectivity index (χ3n) is 4.21. The molecular formula is C22H20BrN3O3S. The molecule has 0 aliphatic heterocycles. The SMILES string of the molecule is Cc1ccc(S(=O)(=O)N(CC(=O)N/N=C\c2ccc(Br)cc2)c2ccccc2)cc1. The molecule has 0 saturated heterocycles. The number of rotatable bonds is 7. The lowest BCUT2D eigenvalue weighted by atomic mass is 10.2. The van der Waals surface area contributed by atoms with E-state index in [-0.39, 0.29) is 4.90 Å². The molecule has 0 spiro atoms. The smallest absolute Gasteiger partial charge is 0.264 e. The first kappa shape index (κ1) is 21.7. The highest BCUT2D eigenvalue weighted by molar-refractivity contribution is 9.10. The molecule has 8 heteroatoms. The van der Waals surface area contributed by atoms with Gasteiger partial charge in [0.15, 0.2) is 0 Å². The lowest BCUT2D eigenvalue weighted by molar-refractivity contribution is -0.119. The highest BCUT2D eigenvalue weighted by Gasteiger charge is 2.27. The Bertz CT molecular complexity index is 1130. The maximum atomic E-state index is 13.2. The number of benzene rings is 3. The van der Waals surface area contributed by atoms with Crippen LogP contribution in [-0.4, -0.2) is 27.1 Å². The summed E-state index contributed by atoms with van der Waals surface area (Å²) in [5.74, 6) is -0.553. The first-order valence-electron chi connectivity index (χ1n) is 9.08. The fraction of sp³-hybridized carbons (Fsp3) is 0.0909. The van der Waals surface area contributed by atoms with Crippen LogP contribution in [0.15, 0.2) is 93.3 Å². The zero-order valence-corrected chi connectivity index (χ0v) is 18.6. The van der Waals surface area contributed by atoms with Gasteiger partial charge in [-0.15, -0.1) is 0 Å². The van der Waals surface area contributed by atoms with E-state index in [0.717, 1.165) is 19.9 Å². The van der Waals surface area contributed by atoms with Crippen molar-refractivity contribution in [1.29, 1.82) is 0 Å². The highest BCUT2D eigenvalue weighted by atomic mass is 79.9. The molecule has 0 heterocycles. The van der Waals surface area contributed by atoms with Gasteiger partial charge in [-0.1, -0.05) is 64.0 Å². The van der Waals surface area contributed by atoms with Crippen LogP contribution in [0.4, 0.5) is 5.69 Å². The largest absolute Gasteiger partial charge is 0.271 e. The molecule has 3 aromatic carbocycles. The summed E-state index contributed by atoms with van der Waals surface area (Å²) in [7, 11) is -3.93. The summed E-state index contributed by atoms with van der Waals surface area (Å²) in [5.41, 5.74) is 4.53. The van der Waals surface area contributed by atoms with Crippen LogP contribution in [0.2, 0.25) is 0 Å². The van der Waals surface area contributed by atoms with Gasteiger partial charge in [0.2, 0.25) is 0 Å². The summed E-state index contributed by atoms with van der Waals surface area (Å²) < 4.78 is 28.4. The number of aryl methyl sites for hydroxylation is 1. The summed E-state index contributed by atoms with van der Waals surface area (Å²) >= 11 is 3.35. The molecule has 0 aliphatic rings. The fourth-order valence-corrected chi connectivity index (χ4v) is 4.33. The number of hydrogen-bond acceptors (Lipinski definition) is 4. The van der Waals surface area contributed by atoms with E-state index in [1.807, 2.05) is 31.2 Å². The normalized spacial score (nSPS) is 11.4. The van der Waals surface area contributed by atoms with Crippen LogP contribution < -0.4 is 9.73 Å². The molecule has 1 amide bonds. The molecule has 3 rings (SSSR count). The lowest BCUT2D eigenvalue weighted by Gasteiger charge is -2.23. The summed E-state index contributed by atoms with van der Waals surface area (Å²) in [6, 6.07) is 22.4. The fourth-order valence-electron chi connectivity index (χ4n) is 2.64. The standard InChI is InChI=1S/C22H20BrN3O3S/c1-17-7-13-21(14-8-17)30(28,29)26(20-5-3-2-4-6-20)16-22(27)25-24-15-18-9-11-19(23)12-10-18/h2-15H,16H2,1H3,(H,25,27)/b24-15-. The molecule has 0 aromatic heterocycles. The minimum atomic E-state index is -3.93. The van der Waals surface area contributed by atoms with E-state index in [4.69, 9.17) is 0 Å². The second-order valence-electron chi connectivity index (χ2n) is 6.51. The molecule has 1 N–H and O–H groups in total. The zero-order chi connectivity index (χ0) is 21.6. The Balaban J connectivity index is 1.80. The van der Waals surface area contributed by atoms with E-state index in [1.165, 1.54) is 18.3 Å². The van der Waals surface area contributed by atoms with Gasteiger partial charge in [-0.2, -0.15) is 5.10 Å². The van der Waals surface area contributed by atoms with E-state index >= 15 is 0 Å². The van der Waals surface area contributed by atoms with Crippen molar-refractivity contribution in [1.82, 2.24) is 5.43 Å². The number of carbonyl (C=O) groups excluding carboxylic acids is 1. The van der Waals surface area contributed by atoms with Crippen molar-refractivity contribution in [2.45, 2.75) is 11.8 Å². The first-order chi connectivity index (χ1) is 14.4. The molecule has 6 nitrogen and oxygen atoms in total. The third kappa shape index (κ3) is 5.55. The van der Waals surface area contributed by atoms with Crippen LogP contribution in [0, 0.1) is 6.92 Å². The van der Waals surface area contributed by atoms with Crippen LogP contribution >= 0.6 is 15.9 Å². The van der Waals surface area contributed by atoms with Gasteiger partial charge in [0, 0.05) is 4.47 Å². The summed E-state index contributed by atoms with van der Waals surface area (Å²) in [4.78, 5) is 12.6. The minimum Gasteiger partial charge on any atom is -0.271 e. The Kier molecular flexibility index (Phi) is 7.02. The summed E-state index contributed by atoms with van der Waals surface area (Å²) in [6.45, 7) is 1.47. The van der Waals surface area contributed by atoms with Crippen molar-refractivity contribution in [3.63, 3.8) is 0 Å². The number of nitrogens with one attached hydrogen (secondary N) is 1. The van der Waals surface area contributed by atoms with Crippen molar-refractivity contribution in [3.05, 3.63) is 94.5 Å². The molecule has 154 valence electrons. The Morgan fingerprint density at radius 1 is 1.00 bits per heavy atom. The maximum Gasteiger partial charge on any atom is 0.264 e. The van der Waals surface area contributed by atoms with Crippen molar-refractivity contribution in [3.8, 4) is 0 Å². The van der Waals surface area contributed by atoms with Crippen molar-refractivity contribution in [2.75, 3.05) is 10.8 Å². The predicted octanol–water partition coefficient (Wildman–Crippen LogP) is 4.10. The van der Waals surface area contributed by atoms with Gasteiger partial charge in [0.05, 0.1) is 16.8 Å². The number of carbonyl (C=O) groups is 1. The minimum absolute atomic E-state index is 0.114. The van der Waals surface area contributed by atoms with E-state index in [2.05, 4.69) is 26.5 Å². The second kappa shape index (κ2) is 9.69. The number of amides is 1. The van der Waals surface area contributed by atoms with Gasteiger partial charge in [-0.25, -0.2) is 13.8 Å². The number of hydrazone groups is 1. The Morgan fingerprint density at radius 3 is 2.27 bits per heavy atom. The maximum absolute atomic E-state index is 13.2. The van der Waals surface area contributed by atoms with Gasteiger partial charge in [-0.05, 0) is 48.9 Å². The van der Waals surface area contributed by atoms with Crippen LogP contribution in [0.1, 0.15) is 11.1 Å². The summed E-state index contributed by atoms with van der Waals surface area (Å²) in [6.07, 6.45) is 1.49. The molecule has 0 bridgehead atoms. The third-order valence-corrected chi connectivity index (χ3v) is 6.53. The van der Waals surface area contributed by atoms with Crippen molar-refractivity contribution in [2.24, 2.45) is 5.10 Å². The molecule has 0 radical (unpaired) electrons. The molecule has 0 aliphatic carbocycles. The van der Waals surface area contributed by atoms with Crippen LogP contribution in [0.5, 0.6) is 0 Å². The molecule has 30 heavy (non-hydrogen) atoms. The van der Waals surface area contributed by atoms with Crippen LogP contribution in [0.3, 0.4) is 0 Å². The lowest BCUT2D eigenvalue weighted by Crippen LogP contribution is -2.39. The van der Waals surface area contributed by atoms with Crippen LogP contribution in [0.25, 0.3) is 0 Å². The zero-order valence-electron chi connectivity index (χ0n) is 16.2. The van der Waals surface area contributed by atoms with E-state index in [1.54, 1.807) is 42.5 Å². The average Bonchev–Trinajstić information content (AvgIpc) is 2.74. The van der Waals surface area contributed by atoms with Gasteiger partial charge in [0.1, 0.15) is 6.54 Å². The van der Waals surface area contributed by atoms with Gasteiger partial charge >= 0.3 is 0 Å². The van der Waals surface area contributed by atoms with E-state index in [0.29, 0.717) is 5.69 Å². The molecule has 0 unspecified atom stereocenters.